The first-order valence-corrected chi connectivity index (χ1v) is 10.2. The van der Waals surface area contributed by atoms with Crippen molar-refractivity contribution in [1.29, 1.82) is 0 Å². The minimum Gasteiger partial charge on any atom is -0.462 e. The van der Waals surface area contributed by atoms with Crippen LogP contribution < -0.4 is 0 Å². The van der Waals surface area contributed by atoms with Crippen molar-refractivity contribution in [3.8, 4) is 0 Å². The molecule has 0 radical (unpaired) electrons. The number of nitrogens with zero attached hydrogens (tertiary/aromatic N) is 1. The molecule has 0 saturated carbocycles. The van der Waals surface area contributed by atoms with Crippen molar-refractivity contribution in [3.05, 3.63) is 35.9 Å². The molecular weight excluding hydrogens is 358 g/mol. The molecule has 2 saturated heterocycles. The van der Waals surface area contributed by atoms with E-state index in [1.54, 1.807) is 0 Å². The number of likely N-dealkylation sites (N-methyl/N-ethyl adjacent to an activating group) is 1. The molecule has 3 rings (SSSR count). The lowest BCUT2D eigenvalue weighted by atomic mass is 9.98. The van der Waals surface area contributed by atoms with Gasteiger partial charge in [0.2, 0.25) is 0 Å². The number of carbonyl (C=O) groups is 2. The quantitative estimate of drug-likeness (QED) is 0.722. The Hall–Kier alpha value is -1.92. The van der Waals surface area contributed by atoms with E-state index < -0.39 is 11.9 Å². The number of hydrogen-bond acceptors (Lipinski definition) is 6. The number of hydrogen-bond donors (Lipinski definition) is 1. The fourth-order valence-electron chi connectivity index (χ4n) is 4.40. The molecule has 6 nitrogen and oxygen atoms in total. The van der Waals surface area contributed by atoms with Crippen LogP contribution in [0.2, 0.25) is 0 Å². The molecule has 1 aromatic carbocycles. The summed E-state index contributed by atoms with van der Waals surface area (Å²) < 4.78 is 11.5. The van der Waals surface area contributed by atoms with Gasteiger partial charge in [0.1, 0.15) is 18.1 Å². The number of piperidine rings is 1. The monoisotopic (exact) mass is 389 g/mol. The largest absolute Gasteiger partial charge is 0.462 e. The smallest absolute Gasteiger partial charge is 0.316 e. The van der Waals surface area contributed by atoms with E-state index in [0.717, 1.165) is 18.4 Å². The molecule has 6 heteroatoms. The van der Waals surface area contributed by atoms with Crippen molar-refractivity contribution >= 4 is 11.9 Å². The van der Waals surface area contributed by atoms with Gasteiger partial charge in [0, 0.05) is 31.7 Å². The number of carbonyl (C=O) groups excluding carboxylic acids is 2. The normalized spacial score (nSPS) is 28.2. The molecule has 1 aromatic rings. The summed E-state index contributed by atoms with van der Waals surface area (Å²) in [6.45, 7) is 3.72. The van der Waals surface area contributed by atoms with Gasteiger partial charge in [-0.3, -0.25) is 14.5 Å². The molecular formula is C22H31NO5. The number of aliphatic hydroxyl groups is 1. The zero-order chi connectivity index (χ0) is 20.3. The zero-order valence-electron chi connectivity index (χ0n) is 16.9. The maximum Gasteiger partial charge on any atom is 0.316 e. The number of ether oxygens (including phenoxy) is 2. The van der Waals surface area contributed by atoms with Crippen LogP contribution in [0.15, 0.2) is 30.3 Å². The van der Waals surface area contributed by atoms with Gasteiger partial charge in [-0.15, -0.1) is 0 Å². The molecule has 2 heterocycles. The Balaban J connectivity index is 1.60. The van der Waals surface area contributed by atoms with Crippen LogP contribution in [-0.2, 0) is 19.1 Å². The standard InChI is InChI=1S/C22H31NO5/c1-14(2)9-21(25)28-20-11-16-10-17(12-19(20)23(16)3)27-22(26)18(13-24)15-7-5-4-6-8-15/h4-8,14,16-20,24H,9-13H2,1-3H3/t16-,17-,18?,19+,20+/m0/s1. The second-order valence-corrected chi connectivity index (χ2v) is 8.42. The Morgan fingerprint density at radius 2 is 1.86 bits per heavy atom. The Kier molecular flexibility index (Phi) is 6.73. The van der Waals surface area contributed by atoms with Gasteiger partial charge in [0.15, 0.2) is 0 Å². The van der Waals surface area contributed by atoms with E-state index in [0.29, 0.717) is 12.8 Å². The predicted molar refractivity (Wildman–Crippen MR) is 105 cm³/mol. The van der Waals surface area contributed by atoms with Crippen molar-refractivity contribution in [3.63, 3.8) is 0 Å². The van der Waals surface area contributed by atoms with Crippen molar-refractivity contribution in [1.82, 2.24) is 4.90 Å². The van der Waals surface area contributed by atoms with Crippen LogP contribution in [0.4, 0.5) is 0 Å². The van der Waals surface area contributed by atoms with Crippen molar-refractivity contribution < 1.29 is 24.2 Å². The Morgan fingerprint density at radius 3 is 2.50 bits per heavy atom. The maximum absolute atomic E-state index is 12.7. The Morgan fingerprint density at radius 1 is 1.14 bits per heavy atom. The summed E-state index contributed by atoms with van der Waals surface area (Å²) in [7, 11) is 2.05. The molecule has 1 unspecified atom stereocenters. The predicted octanol–water partition coefficient (Wildman–Crippen LogP) is 2.50. The third kappa shape index (κ3) is 4.73. The number of fused-ring (bicyclic) bond motifs is 2. The minimum absolute atomic E-state index is 0.0666. The average Bonchev–Trinajstić information content (AvgIpc) is 2.81. The van der Waals surface area contributed by atoms with Crippen LogP contribution in [0.3, 0.4) is 0 Å². The summed E-state index contributed by atoms with van der Waals surface area (Å²) in [4.78, 5) is 27.0. The molecule has 2 bridgehead atoms. The highest BCUT2D eigenvalue weighted by Gasteiger charge is 2.48. The fraction of sp³-hybridized carbons (Fsp3) is 0.636. The molecule has 1 N–H and O–H groups in total. The van der Waals surface area contributed by atoms with Crippen LogP contribution in [0.5, 0.6) is 0 Å². The van der Waals surface area contributed by atoms with E-state index >= 15 is 0 Å². The van der Waals surface area contributed by atoms with Crippen molar-refractivity contribution in [2.45, 2.75) is 69.7 Å². The first-order chi connectivity index (χ1) is 13.4. The highest BCUT2D eigenvalue weighted by atomic mass is 16.6. The number of aliphatic hydroxyl groups excluding tert-OH is 1. The molecule has 28 heavy (non-hydrogen) atoms. The lowest BCUT2D eigenvalue weighted by Gasteiger charge is -2.36. The third-order valence-corrected chi connectivity index (χ3v) is 5.88. The van der Waals surface area contributed by atoms with Crippen LogP contribution in [-0.4, -0.2) is 59.9 Å². The lowest BCUT2D eigenvalue weighted by Crippen LogP contribution is -2.46. The highest BCUT2D eigenvalue weighted by molar-refractivity contribution is 5.78. The summed E-state index contributed by atoms with van der Waals surface area (Å²) >= 11 is 0. The average molecular weight is 389 g/mol. The van der Waals surface area contributed by atoms with E-state index in [2.05, 4.69) is 4.90 Å². The van der Waals surface area contributed by atoms with Gasteiger partial charge < -0.3 is 14.6 Å². The number of benzene rings is 1. The van der Waals surface area contributed by atoms with Crippen LogP contribution in [0, 0.1) is 5.92 Å². The zero-order valence-corrected chi connectivity index (χ0v) is 16.9. The SMILES string of the molecule is CC(C)CC(=O)O[C@@H]1C[C@@H]2C[C@H](OC(=O)C(CO)c3ccccc3)C[C@H]1N2C. The van der Waals surface area contributed by atoms with Crippen molar-refractivity contribution in [2.24, 2.45) is 5.92 Å². The summed E-state index contributed by atoms with van der Waals surface area (Å²) in [6, 6.07) is 9.51. The van der Waals surface area contributed by atoms with Crippen molar-refractivity contribution in [2.75, 3.05) is 13.7 Å². The van der Waals surface area contributed by atoms with Gasteiger partial charge in [-0.2, -0.15) is 0 Å². The summed E-state index contributed by atoms with van der Waals surface area (Å²) in [6.07, 6.45) is 2.21. The first kappa shape index (κ1) is 20.8. The van der Waals surface area contributed by atoms with E-state index in [1.807, 2.05) is 51.2 Å². The molecule has 2 aliphatic heterocycles. The topological polar surface area (TPSA) is 76.1 Å². The number of esters is 2. The second-order valence-electron chi connectivity index (χ2n) is 8.42. The summed E-state index contributed by atoms with van der Waals surface area (Å²) in [5, 5.41) is 9.68. The van der Waals surface area contributed by atoms with Gasteiger partial charge in [-0.25, -0.2) is 0 Å². The molecule has 0 amide bonds. The van der Waals surface area contributed by atoms with Crippen LogP contribution in [0.1, 0.15) is 51.0 Å². The second kappa shape index (κ2) is 9.05. The highest BCUT2D eigenvalue weighted by Crippen LogP contribution is 2.38. The summed E-state index contributed by atoms with van der Waals surface area (Å²) in [5.41, 5.74) is 0.756. The van der Waals surface area contributed by atoms with E-state index in [4.69, 9.17) is 9.47 Å². The Bertz CT molecular complexity index is 677. The van der Waals surface area contributed by atoms with Gasteiger partial charge in [-0.05, 0) is 18.5 Å². The molecule has 0 aromatic heterocycles. The van der Waals surface area contributed by atoms with Crippen LogP contribution >= 0.6 is 0 Å². The molecule has 0 aliphatic carbocycles. The minimum atomic E-state index is -0.668. The molecule has 5 atom stereocenters. The lowest BCUT2D eigenvalue weighted by molar-refractivity contribution is -0.158. The molecule has 2 aliphatic rings. The van der Waals surface area contributed by atoms with Gasteiger partial charge in [0.05, 0.1) is 12.6 Å². The molecule has 2 fully saturated rings. The van der Waals surface area contributed by atoms with Gasteiger partial charge in [0.25, 0.3) is 0 Å². The Labute approximate surface area is 166 Å². The fourth-order valence-corrected chi connectivity index (χ4v) is 4.40. The van der Waals surface area contributed by atoms with Gasteiger partial charge in [-0.1, -0.05) is 44.2 Å². The first-order valence-electron chi connectivity index (χ1n) is 10.2. The van der Waals surface area contributed by atoms with Crippen LogP contribution in [0.25, 0.3) is 0 Å². The third-order valence-electron chi connectivity index (χ3n) is 5.88. The number of rotatable bonds is 7. The van der Waals surface area contributed by atoms with E-state index in [9.17, 15) is 14.7 Å². The van der Waals surface area contributed by atoms with E-state index in [1.165, 1.54) is 0 Å². The molecule has 0 spiro atoms. The van der Waals surface area contributed by atoms with Gasteiger partial charge >= 0.3 is 11.9 Å². The summed E-state index contributed by atoms with van der Waals surface area (Å²) in [5.74, 6) is -0.943. The molecule has 154 valence electrons. The maximum atomic E-state index is 12.7. The van der Waals surface area contributed by atoms with E-state index in [-0.39, 0.29) is 42.8 Å².